The molecule has 108 valence electrons. The van der Waals surface area contributed by atoms with Crippen LogP contribution in [0, 0.1) is 0 Å². The highest BCUT2D eigenvalue weighted by Gasteiger charge is 2.45. The van der Waals surface area contributed by atoms with Gasteiger partial charge in [0.25, 0.3) is 5.56 Å². The molecule has 5 N–H and O–H groups in total. The third-order valence-corrected chi connectivity index (χ3v) is 3.20. The van der Waals surface area contributed by atoms with Crippen molar-refractivity contribution in [2.24, 2.45) is 0 Å². The topological polar surface area (TPSA) is 139 Å². The SMILES string of the molecule is Nc1nc2c(ncn2[C@@H]2O[C@H](CO)[C@@H](O)[C@@H]2[18F])c(=O)[nH]1. The number of imidazole rings is 1. The first-order chi connectivity index (χ1) is 9.52. The Morgan fingerprint density at radius 2 is 2.35 bits per heavy atom. The van der Waals surface area contributed by atoms with E-state index in [1.165, 1.54) is 10.9 Å². The number of nitrogens with one attached hydrogen (secondary N) is 1. The molecule has 2 aromatic heterocycles. The molecule has 0 saturated carbocycles. The van der Waals surface area contributed by atoms with E-state index >= 15 is 0 Å². The number of hydrogen-bond donors (Lipinski definition) is 4. The van der Waals surface area contributed by atoms with Crippen molar-refractivity contribution >= 4 is 17.1 Å². The summed E-state index contributed by atoms with van der Waals surface area (Å²) in [4.78, 5) is 21.6. The van der Waals surface area contributed by atoms with E-state index in [1.807, 2.05) is 0 Å². The van der Waals surface area contributed by atoms with E-state index < -0.39 is 36.8 Å². The molecule has 0 amide bonds. The summed E-state index contributed by atoms with van der Waals surface area (Å²) >= 11 is 0. The predicted molar refractivity (Wildman–Crippen MR) is 64.5 cm³/mol. The molecule has 20 heavy (non-hydrogen) atoms. The second-order valence-corrected chi connectivity index (χ2v) is 4.46. The smallest absolute Gasteiger partial charge is 0.280 e. The van der Waals surface area contributed by atoms with Gasteiger partial charge in [0, 0.05) is 0 Å². The van der Waals surface area contributed by atoms with E-state index in [9.17, 15) is 14.3 Å². The molecule has 0 aromatic carbocycles. The van der Waals surface area contributed by atoms with Crippen molar-refractivity contribution in [1.29, 1.82) is 0 Å². The predicted octanol–water partition coefficient (Wildman–Crippen LogP) is -1.71. The van der Waals surface area contributed by atoms with Gasteiger partial charge in [0.1, 0.15) is 12.2 Å². The summed E-state index contributed by atoms with van der Waals surface area (Å²) in [5.41, 5.74) is 4.91. The minimum Gasteiger partial charge on any atom is -0.394 e. The van der Waals surface area contributed by atoms with Gasteiger partial charge < -0.3 is 20.7 Å². The number of aromatic nitrogens is 4. The van der Waals surface area contributed by atoms with Crippen LogP contribution in [0.2, 0.25) is 0 Å². The third kappa shape index (κ3) is 1.77. The zero-order chi connectivity index (χ0) is 14.4. The number of aliphatic hydroxyl groups excluding tert-OH is 2. The van der Waals surface area contributed by atoms with Crippen molar-refractivity contribution in [3.8, 4) is 0 Å². The average Bonchev–Trinajstić information content (AvgIpc) is 2.93. The summed E-state index contributed by atoms with van der Waals surface area (Å²) < 4.78 is 20.4. The maximum atomic E-state index is 14.0. The molecule has 2 aromatic rings. The van der Waals surface area contributed by atoms with Gasteiger partial charge >= 0.3 is 0 Å². The number of halogens is 1. The lowest BCUT2D eigenvalue weighted by Crippen LogP contribution is -2.30. The highest BCUT2D eigenvalue weighted by atomic mass is 18.2. The van der Waals surface area contributed by atoms with Crippen molar-refractivity contribution < 1.29 is 19.3 Å². The summed E-state index contributed by atoms with van der Waals surface area (Å²) in [6.45, 7) is -0.527. The summed E-state index contributed by atoms with van der Waals surface area (Å²) in [5, 5.41) is 18.6. The molecule has 1 aliphatic heterocycles. The summed E-state index contributed by atoms with van der Waals surface area (Å²) in [6.07, 6.45) is -4.36. The van der Waals surface area contributed by atoms with Gasteiger partial charge in [-0.05, 0) is 0 Å². The number of rotatable bonds is 2. The minimum atomic E-state index is -1.79. The molecule has 0 spiro atoms. The van der Waals surface area contributed by atoms with Crippen molar-refractivity contribution in [2.75, 3.05) is 12.3 Å². The number of H-pyrrole nitrogens is 1. The van der Waals surface area contributed by atoms with Crippen LogP contribution < -0.4 is 11.3 Å². The number of nitrogens with two attached hydrogens (primary N) is 1. The van der Waals surface area contributed by atoms with Gasteiger partial charge in [-0.1, -0.05) is 0 Å². The van der Waals surface area contributed by atoms with Crippen LogP contribution in [0.4, 0.5) is 10.3 Å². The van der Waals surface area contributed by atoms with Crippen LogP contribution in [0.25, 0.3) is 11.2 Å². The summed E-state index contributed by atoms with van der Waals surface area (Å²) in [7, 11) is 0. The Hall–Kier alpha value is -2.04. The lowest BCUT2D eigenvalue weighted by molar-refractivity contribution is -0.0459. The molecular weight excluding hydrogens is 272 g/mol. The quantitative estimate of drug-likeness (QED) is 0.515. The number of ether oxygens (including phenoxy) is 1. The molecule has 1 aliphatic rings. The molecule has 1 fully saturated rings. The van der Waals surface area contributed by atoms with E-state index in [-0.39, 0.29) is 17.1 Å². The Labute approximate surface area is 110 Å². The van der Waals surface area contributed by atoms with E-state index in [0.717, 1.165) is 0 Å². The van der Waals surface area contributed by atoms with Gasteiger partial charge in [0.2, 0.25) is 5.95 Å². The standard InChI is InChI=1S/C10H12FN5O4/c11-4-6(18)3(1-17)20-9(4)16-2-13-5-7(16)14-10(12)15-8(5)19/h2-4,6,9,17-18H,1H2,(H3,12,14,15,19)/t3-,4+,6-,9-/m1/s1/i11-1. The fourth-order valence-corrected chi connectivity index (χ4v) is 2.21. The van der Waals surface area contributed by atoms with Crippen molar-refractivity contribution in [1.82, 2.24) is 19.5 Å². The molecule has 3 rings (SSSR count). The molecule has 3 heterocycles. The second-order valence-electron chi connectivity index (χ2n) is 4.46. The number of fused-ring (bicyclic) bond motifs is 1. The summed E-state index contributed by atoms with van der Waals surface area (Å²) in [5.74, 6) is -0.142. The number of nitrogen functional groups attached to an aromatic ring is 1. The van der Waals surface area contributed by atoms with Gasteiger partial charge in [-0.15, -0.1) is 0 Å². The van der Waals surface area contributed by atoms with Crippen LogP contribution in [-0.4, -0.2) is 54.7 Å². The van der Waals surface area contributed by atoms with Gasteiger partial charge in [0.05, 0.1) is 12.9 Å². The number of aliphatic hydroxyl groups is 2. The highest BCUT2D eigenvalue weighted by Crippen LogP contribution is 2.32. The van der Waals surface area contributed by atoms with E-state index in [4.69, 9.17) is 15.6 Å². The van der Waals surface area contributed by atoms with Crippen LogP contribution in [0.1, 0.15) is 6.23 Å². The number of hydrogen-bond acceptors (Lipinski definition) is 7. The first kappa shape index (κ1) is 13.0. The monoisotopic (exact) mass is 284 g/mol. The Morgan fingerprint density at radius 3 is 3.00 bits per heavy atom. The maximum Gasteiger partial charge on any atom is 0.280 e. The van der Waals surface area contributed by atoms with Gasteiger partial charge in [0.15, 0.2) is 23.6 Å². The second kappa shape index (κ2) is 4.51. The molecule has 0 unspecified atom stereocenters. The third-order valence-electron chi connectivity index (χ3n) is 3.20. The zero-order valence-electron chi connectivity index (χ0n) is 10.1. The fourth-order valence-electron chi connectivity index (χ4n) is 2.21. The fraction of sp³-hybridized carbons (Fsp3) is 0.500. The van der Waals surface area contributed by atoms with Crippen LogP contribution in [-0.2, 0) is 4.74 Å². The minimum absolute atomic E-state index is 0.0167. The van der Waals surface area contributed by atoms with Crippen LogP contribution in [0.3, 0.4) is 0 Å². The van der Waals surface area contributed by atoms with Crippen molar-refractivity contribution in [2.45, 2.75) is 24.6 Å². The number of anilines is 1. The van der Waals surface area contributed by atoms with Gasteiger partial charge in [-0.2, -0.15) is 4.98 Å². The van der Waals surface area contributed by atoms with Crippen molar-refractivity contribution in [3.63, 3.8) is 0 Å². The number of aromatic amines is 1. The van der Waals surface area contributed by atoms with Crippen LogP contribution >= 0.6 is 0 Å². The number of alkyl halides is 1. The van der Waals surface area contributed by atoms with E-state index in [1.54, 1.807) is 0 Å². The van der Waals surface area contributed by atoms with E-state index in [0.29, 0.717) is 0 Å². The molecule has 0 aliphatic carbocycles. The highest BCUT2D eigenvalue weighted by molar-refractivity contribution is 5.70. The lowest BCUT2D eigenvalue weighted by Gasteiger charge is -2.14. The molecule has 10 heteroatoms. The van der Waals surface area contributed by atoms with Gasteiger partial charge in [-0.25, -0.2) is 9.37 Å². The van der Waals surface area contributed by atoms with E-state index in [2.05, 4.69) is 15.0 Å². The normalized spacial score (nSPS) is 30.1. The number of nitrogens with zero attached hydrogens (tertiary/aromatic N) is 3. The zero-order valence-corrected chi connectivity index (χ0v) is 10.1. The largest absolute Gasteiger partial charge is 0.394 e. The Bertz CT molecular complexity index is 701. The lowest BCUT2D eigenvalue weighted by atomic mass is 10.1. The first-order valence-electron chi connectivity index (χ1n) is 5.83. The average molecular weight is 284 g/mol. The molecule has 0 bridgehead atoms. The van der Waals surface area contributed by atoms with Crippen LogP contribution in [0.15, 0.2) is 11.1 Å². The van der Waals surface area contributed by atoms with Crippen LogP contribution in [0.5, 0.6) is 0 Å². The first-order valence-corrected chi connectivity index (χ1v) is 5.83. The Kier molecular flexibility index (Phi) is 2.92. The Balaban J connectivity index is 2.09. The van der Waals surface area contributed by atoms with Gasteiger partial charge in [-0.3, -0.25) is 14.3 Å². The Morgan fingerprint density at radius 1 is 1.60 bits per heavy atom. The molecule has 9 nitrogen and oxygen atoms in total. The maximum absolute atomic E-state index is 14.0. The molecule has 1 saturated heterocycles. The summed E-state index contributed by atoms with van der Waals surface area (Å²) in [6, 6.07) is 0. The van der Waals surface area contributed by atoms with Crippen molar-refractivity contribution in [3.05, 3.63) is 16.7 Å². The molecule has 0 radical (unpaired) electrons. The molecular formula is C10H12FN5O4. The molecule has 4 atom stereocenters.